The van der Waals surface area contributed by atoms with Gasteiger partial charge in [-0.1, -0.05) is 31.4 Å². The largest absolute Gasteiger partial charge is 0.495 e. The average molecular weight is 332 g/mol. The van der Waals surface area contributed by atoms with Gasteiger partial charge in [-0.3, -0.25) is 4.79 Å². The van der Waals surface area contributed by atoms with Crippen molar-refractivity contribution < 1.29 is 14.3 Å². The predicted molar refractivity (Wildman–Crippen MR) is 94.4 cm³/mol. The molecule has 0 radical (unpaired) electrons. The van der Waals surface area contributed by atoms with Crippen molar-refractivity contribution in [2.75, 3.05) is 25.6 Å². The molecule has 2 N–H and O–H groups in total. The average Bonchev–Trinajstić information content (AvgIpc) is 2.61. The van der Waals surface area contributed by atoms with Crippen molar-refractivity contribution in [3.63, 3.8) is 0 Å². The summed E-state index contributed by atoms with van der Waals surface area (Å²) in [5.41, 5.74) is 0.857. The van der Waals surface area contributed by atoms with Crippen molar-refractivity contribution >= 4 is 11.6 Å². The summed E-state index contributed by atoms with van der Waals surface area (Å²) < 4.78 is 11.4. The molecule has 5 nitrogen and oxygen atoms in total. The van der Waals surface area contributed by atoms with E-state index in [4.69, 9.17) is 9.47 Å². The lowest BCUT2D eigenvalue weighted by atomic mass is 9.78. The fourth-order valence-electron chi connectivity index (χ4n) is 3.94. The van der Waals surface area contributed by atoms with Gasteiger partial charge in [0.15, 0.2) is 0 Å². The van der Waals surface area contributed by atoms with Crippen molar-refractivity contribution in [3.05, 3.63) is 24.3 Å². The maximum atomic E-state index is 12.3. The fraction of sp³-hybridized carbons (Fsp3) is 0.632. The van der Waals surface area contributed by atoms with E-state index in [1.165, 1.54) is 19.3 Å². The molecule has 2 aliphatic rings. The molecule has 0 bridgehead atoms. The van der Waals surface area contributed by atoms with E-state index in [2.05, 4.69) is 10.6 Å². The Hall–Kier alpha value is -1.75. The summed E-state index contributed by atoms with van der Waals surface area (Å²) in [6.07, 6.45) is 7.93. The fourth-order valence-corrected chi connectivity index (χ4v) is 3.94. The lowest BCUT2D eigenvalue weighted by molar-refractivity contribution is -0.127. The molecule has 3 rings (SSSR count). The van der Waals surface area contributed by atoms with Gasteiger partial charge in [0.2, 0.25) is 5.91 Å². The van der Waals surface area contributed by atoms with E-state index in [1.807, 2.05) is 24.3 Å². The zero-order valence-corrected chi connectivity index (χ0v) is 14.5. The first-order chi connectivity index (χ1) is 11.7. The Morgan fingerprint density at radius 1 is 1.29 bits per heavy atom. The van der Waals surface area contributed by atoms with Gasteiger partial charge < -0.3 is 20.1 Å². The Labute approximate surface area is 144 Å². The molecule has 24 heavy (non-hydrogen) atoms. The molecule has 1 aliphatic carbocycles. The van der Waals surface area contributed by atoms with E-state index in [1.54, 1.807) is 7.11 Å². The highest BCUT2D eigenvalue weighted by Gasteiger charge is 2.38. The number of benzene rings is 1. The monoisotopic (exact) mass is 332 g/mol. The number of carbonyl (C=O) groups is 1. The van der Waals surface area contributed by atoms with Crippen LogP contribution in [-0.2, 0) is 9.53 Å². The van der Waals surface area contributed by atoms with Crippen molar-refractivity contribution in [1.29, 1.82) is 0 Å². The first-order valence-electron chi connectivity index (χ1n) is 9.01. The number of methoxy groups -OCH3 is 1. The summed E-state index contributed by atoms with van der Waals surface area (Å²) in [6.45, 7) is 1.01. The number of hydrogen-bond donors (Lipinski definition) is 2. The minimum atomic E-state index is 0.0184. The van der Waals surface area contributed by atoms with Crippen LogP contribution >= 0.6 is 0 Å². The van der Waals surface area contributed by atoms with Gasteiger partial charge in [0.1, 0.15) is 5.75 Å². The number of anilines is 1. The van der Waals surface area contributed by atoms with Crippen LogP contribution in [-0.4, -0.2) is 37.8 Å². The van der Waals surface area contributed by atoms with E-state index in [9.17, 15) is 4.79 Å². The molecule has 1 aromatic rings. The number of rotatable bonds is 5. The zero-order valence-electron chi connectivity index (χ0n) is 14.5. The van der Waals surface area contributed by atoms with E-state index in [0.29, 0.717) is 0 Å². The standard InChI is InChI=1S/C19H28N2O3/c1-23-17-8-4-3-7-16(17)20-14-18(22)21-15-9-12-24-19(13-15)10-5-2-6-11-19/h3-4,7-8,15,20H,2,5-6,9-14H2,1H3,(H,21,22)/t15-/m0/s1. The molecule has 0 aromatic heterocycles. The van der Waals surface area contributed by atoms with Crippen LogP contribution in [0.25, 0.3) is 0 Å². The lowest BCUT2D eigenvalue weighted by Crippen LogP contribution is -2.50. The predicted octanol–water partition coefficient (Wildman–Crippen LogP) is 3.11. The Kier molecular flexibility index (Phi) is 5.61. The molecule has 1 spiro atoms. The molecule has 1 amide bonds. The summed E-state index contributed by atoms with van der Waals surface area (Å²) in [4.78, 5) is 12.3. The number of amides is 1. The molecular weight excluding hydrogens is 304 g/mol. The Morgan fingerprint density at radius 3 is 2.88 bits per heavy atom. The summed E-state index contributed by atoms with van der Waals surface area (Å²) >= 11 is 0. The number of nitrogens with one attached hydrogen (secondary N) is 2. The summed E-state index contributed by atoms with van der Waals surface area (Å²) in [7, 11) is 1.63. The van der Waals surface area contributed by atoms with Crippen LogP contribution in [0.4, 0.5) is 5.69 Å². The third-order valence-corrected chi connectivity index (χ3v) is 5.17. The van der Waals surface area contributed by atoms with E-state index >= 15 is 0 Å². The maximum Gasteiger partial charge on any atom is 0.239 e. The molecular formula is C19H28N2O3. The second-order valence-electron chi connectivity index (χ2n) is 6.90. The lowest BCUT2D eigenvalue weighted by Gasteiger charge is -2.43. The number of para-hydroxylation sites is 2. The zero-order chi connectivity index (χ0) is 16.8. The molecule has 2 fully saturated rings. The van der Waals surface area contributed by atoms with Crippen LogP contribution < -0.4 is 15.4 Å². The maximum absolute atomic E-state index is 12.3. The molecule has 0 unspecified atom stereocenters. The SMILES string of the molecule is COc1ccccc1NCC(=O)N[C@H]1CCOC2(CCCCC2)C1. The highest BCUT2D eigenvalue weighted by atomic mass is 16.5. The van der Waals surface area contributed by atoms with Crippen molar-refractivity contribution in [1.82, 2.24) is 5.32 Å². The third-order valence-electron chi connectivity index (χ3n) is 5.17. The Balaban J connectivity index is 1.49. The minimum Gasteiger partial charge on any atom is -0.495 e. The van der Waals surface area contributed by atoms with E-state index < -0.39 is 0 Å². The smallest absolute Gasteiger partial charge is 0.239 e. The van der Waals surface area contributed by atoms with Gasteiger partial charge in [-0.2, -0.15) is 0 Å². The first-order valence-corrected chi connectivity index (χ1v) is 9.01. The normalized spacial score (nSPS) is 22.8. The van der Waals surface area contributed by atoms with Gasteiger partial charge in [-0.25, -0.2) is 0 Å². The third kappa shape index (κ3) is 4.20. The topological polar surface area (TPSA) is 59.6 Å². The second-order valence-corrected chi connectivity index (χ2v) is 6.90. The van der Waals surface area contributed by atoms with Crippen LogP contribution in [0.5, 0.6) is 5.75 Å². The van der Waals surface area contributed by atoms with Gasteiger partial charge in [0.25, 0.3) is 0 Å². The minimum absolute atomic E-state index is 0.0184. The van der Waals surface area contributed by atoms with Gasteiger partial charge in [-0.15, -0.1) is 0 Å². The van der Waals surface area contributed by atoms with Gasteiger partial charge in [0.05, 0.1) is 24.9 Å². The number of hydrogen-bond acceptors (Lipinski definition) is 4. The van der Waals surface area contributed by atoms with Crippen LogP contribution in [0, 0.1) is 0 Å². The van der Waals surface area contributed by atoms with Gasteiger partial charge in [0, 0.05) is 12.6 Å². The highest BCUT2D eigenvalue weighted by molar-refractivity contribution is 5.81. The summed E-state index contributed by atoms with van der Waals surface area (Å²) in [5, 5.41) is 6.33. The molecule has 1 atom stereocenters. The summed E-state index contributed by atoms with van der Waals surface area (Å²) in [6, 6.07) is 7.86. The molecule has 1 saturated heterocycles. The molecule has 1 saturated carbocycles. The van der Waals surface area contributed by atoms with Crippen molar-refractivity contribution in [3.8, 4) is 5.75 Å². The van der Waals surface area contributed by atoms with Crippen LogP contribution in [0.2, 0.25) is 0 Å². The van der Waals surface area contributed by atoms with Crippen LogP contribution in [0.15, 0.2) is 24.3 Å². The van der Waals surface area contributed by atoms with Gasteiger partial charge >= 0.3 is 0 Å². The van der Waals surface area contributed by atoms with E-state index in [0.717, 1.165) is 43.7 Å². The Bertz CT molecular complexity index is 550. The molecule has 1 aliphatic heterocycles. The van der Waals surface area contributed by atoms with Gasteiger partial charge in [-0.05, 0) is 37.8 Å². The van der Waals surface area contributed by atoms with E-state index in [-0.39, 0.29) is 24.1 Å². The quantitative estimate of drug-likeness (QED) is 0.870. The number of ether oxygens (including phenoxy) is 2. The highest BCUT2D eigenvalue weighted by Crippen LogP contribution is 2.38. The molecule has 1 aromatic carbocycles. The first kappa shape index (κ1) is 17.1. The molecule has 5 heteroatoms. The number of carbonyl (C=O) groups excluding carboxylic acids is 1. The second kappa shape index (κ2) is 7.88. The van der Waals surface area contributed by atoms with Crippen LogP contribution in [0.3, 0.4) is 0 Å². The molecule has 1 heterocycles. The van der Waals surface area contributed by atoms with Crippen LogP contribution in [0.1, 0.15) is 44.9 Å². The summed E-state index contributed by atoms with van der Waals surface area (Å²) in [5.74, 6) is 0.774. The van der Waals surface area contributed by atoms with Crippen molar-refractivity contribution in [2.24, 2.45) is 0 Å². The van der Waals surface area contributed by atoms with Crippen molar-refractivity contribution in [2.45, 2.75) is 56.6 Å². The Morgan fingerprint density at radius 2 is 2.08 bits per heavy atom. The molecule has 132 valence electrons.